The summed E-state index contributed by atoms with van der Waals surface area (Å²) in [7, 11) is 0. The van der Waals surface area contributed by atoms with Crippen LogP contribution in [0.1, 0.15) is 26.2 Å². The molecule has 1 atom stereocenters. The van der Waals surface area contributed by atoms with E-state index in [0.29, 0.717) is 6.54 Å². The molecule has 3 N–H and O–H groups in total. The maximum Gasteiger partial charge on any atom is 0.321 e. The monoisotopic (exact) mass is 343 g/mol. The molecule has 0 aliphatic rings. The van der Waals surface area contributed by atoms with Crippen molar-refractivity contribution in [2.24, 2.45) is 0 Å². The van der Waals surface area contributed by atoms with Crippen molar-refractivity contribution in [2.45, 2.75) is 32.2 Å². The number of non-ortho nitro benzene ring substituents is 1. The summed E-state index contributed by atoms with van der Waals surface area (Å²) < 4.78 is 0. The van der Waals surface area contributed by atoms with Gasteiger partial charge in [-0.2, -0.15) is 0 Å². The second-order valence-corrected chi connectivity index (χ2v) is 5.28. The summed E-state index contributed by atoms with van der Waals surface area (Å²) in [6, 6.07) is 2.60. The smallest absolute Gasteiger partial charge is 0.321 e. The van der Waals surface area contributed by atoms with Gasteiger partial charge in [-0.3, -0.25) is 19.7 Å². The lowest BCUT2D eigenvalue weighted by Crippen LogP contribution is -2.40. The number of benzene rings is 1. The van der Waals surface area contributed by atoms with Gasteiger partial charge in [-0.05, 0) is 19.0 Å². The number of aliphatic carboxylic acids is 1. The Labute approximate surface area is 138 Å². The van der Waals surface area contributed by atoms with Gasteiger partial charge in [0.05, 0.1) is 22.1 Å². The zero-order chi connectivity index (χ0) is 17.4. The molecule has 1 aromatic carbocycles. The Bertz CT molecular complexity index is 594. The summed E-state index contributed by atoms with van der Waals surface area (Å²) in [6.45, 7) is 2.45. The first kappa shape index (κ1) is 18.9. The Kier molecular flexibility index (Phi) is 7.43. The Morgan fingerprint density at radius 1 is 1.43 bits per heavy atom. The van der Waals surface area contributed by atoms with Crippen molar-refractivity contribution in [2.75, 3.05) is 11.9 Å². The molecule has 0 heterocycles. The maximum absolute atomic E-state index is 12.0. The van der Waals surface area contributed by atoms with Gasteiger partial charge in [0.25, 0.3) is 5.69 Å². The predicted molar refractivity (Wildman–Crippen MR) is 85.7 cm³/mol. The van der Waals surface area contributed by atoms with Gasteiger partial charge < -0.3 is 15.7 Å². The van der Waals surface area contributed by atoms with Gasteiger partial charge in [0.1, 0.15) is 6.04 Å². The number of carbonyl (C=O) groups excluding carboxylic acids is 1. The number of carboxylic acids is 1. The van der Waals surface area contributed by atoms with Gasteiger partial charge in [-0.25, -0.2) is 0 Å². The molecule has 1 rings (SSSR count). The minimum Gasteiger partial charge on any atom is -0.480 e. The number of nitro benzene ring substituents is 1. The first-order valence-electron chi connectivity index (χ1n) is 7.05. The van der Waals surface area contributed by atoms with E-state index in [1.54, 1.807) is 0 Å². The second-order valence-electron chi connectivity index (χ2n) is 4.87. The maximum atomic E-state index is 12.0. The van der Waals surface area contributed by atoms with Gasteiger partial charge in [0.2, 0.25) is 5.91 Å². The highest BCUT2D eigenvalue weighted by Gasteiger charge is 2.21. The largest absolute Gasteiger partial charge is 0.480 e. The number of halogens is 1. The summed E-state index contributed by atoms with van der Waals surface area (Å²) >= 11 is 5.88. The topological polar surface area (TPSA) is 122 Å². The molecule has 0 aliphatic carbocycles. The number of nitrogens with one attached hydrogen (secondary N) is 2. The molecule has 0 saturated carbocycles. The molecule has 0 bridgehead atoms. The van der Waals surface area contributed by atoms with Crippen LogP contribution in [0.4, 0.5) is 11.4 Å². The van der Waals surface area contributed by atoms with Crippen LogP contribution in [-0.4, -0.2) is 34.5 Å². The average molecular weight is 344 g/mol. The molecule has 9 heteroatoms. The average Bonchev–Trinajstić information content (AvgIpc) is 2.48. The standard InChI is InChI=1S/C14H18ClN3O5/c1-2-3-6-16-12(14(20)21)8-13(19)17-11-7-9(18(22)23)4-5-10(11)15/h4-5,7,12,16H,2-3,6,8H2,1H3,(H,17,19)(H,20,21). The molecule has 8 nitrogen and oxygen atoms in total. The fraction of sp³-hybridized carbons (Fsp3) is 0.429. The number of rotatable bonds is 9. The van der Waals surface area contributed by atoms with Gasteiger partial charge in [-0.15, -0.1) is 0 Å². The second kappa shape index (κ2) is 9.06. The van der Waals surface area contributed by atoms with E-state index >= 15 is 0 Å². The lowest BCUT2D eigenvalue weighted by atomic mass is 10.2. The van der Waals surface area contributed by atoms with Crippen LogP contribution in [-0.2, 0) is 9.59 Å². The molecule has 0 aliphatic heterocycles. The highest BCUT2D eigenvalue weighted by molar-refractivity contribution is 6.33. The van der Waals surface area contributed by atoms with Crippen molar-refractivity contribution in [3.63, 3.8) is 0 Å². The molecule has 1 amide bonds. The molecule has 0 saturated heterocycles. The Hall–Kier alpha value is -2.19. The number of hydrogen-bond acceptors (Lipinski definition) is 5. The number of unbranched alkanes of at least 4 members (excludes halogenated alkanes) is 1. The van der Waals surface area contributed by atoms with Crippen molar-refractivity contribution in [3.05, 3.63) is 33.3 Å². The van der Waals surface area contributed by atoms with Crippen LogP contribution in [0, 0.1) is 10.1 Å². The molecular formula is C14H18ClN3O5. The minimum absolute atomic E-state index is 0.0727. The first-order valence-corrected chi connectivity index (χ1v) is 7.43. The Balaban J connectivity index is 2.72. The number of carbonyl (C=O) groups is 2. The number of carboxylic acid groups (broad SMARTS) is 1. The number of anilines is 1. The number of hydrogen-bond donors (Lipinski definition) is 3. The zero-order valence-electron chi connectivity index (χ0n) is 12.5. The summed E-state index contributed by atoms with van der Waals surface area (Å²) in [5, 5.41) is 25.1. The zero-order valence-corrected chi connectivity index (χ0v) is 13.3. The normalized spacial score (nSPS) is 11.7. The molecule has 0 aromatic heterocycles. The summed E-state index contributed by atoms with van der Waals surface area (Å²) in [6.07, 6.45) is 1.38. The van der Waals surface area contributed by atoms with Crippen molar-refractivity contribution in [1.82, 2.24) is 5.32 Å². The van der Waals surface area contributed by atoms with Gasteiger partial charge >= 0.3 is 5.97 Å². The minimum atomic E-state index is -1.14. The summed E-state index contributed by atoms with van der Waals surface area (Å²) in [4.78, 5) is 33.2. The lowest BCUT2D eigenvalue weighted by molar-refractivity contribution is -0.384. The van der Waals surface area contributed by atoms with Crippen molar-refractivity contribution in [1.29, 1.82) is 0 Å². The number of amides is 1. The third-order valence-electron chi connectivity index (χ3n) is 3.04. The molecule has 1 unspecified atom stereocenters. The van der Waals surface area contributed by atoms with Crippen molar-refractivity contribution in [3.8, 4) is 0 Å². The van der Waals surface area contributed by atoms with E-state index in [-0.39, 0.29) is 22.8 Å². The summed E-state index contributed by atoms with van der Waals surface area (Å²) in [5.74, 6) is -1.73. The lowest BCUT2D eigenvalue weighted by Gasteiger charge is -2.14. The van der Waals surface area contributed by atoms with E-state index in [0.717, 1.165) is 18.9 Å². The van der Waals surface area contributed by atoms with Crippen LogP contribution in [0.5, 0.6) is 0 Å². The fourth-order valence-electron chi connectivity index (χ4n) is 1.81. The van der Waals surface area contributed by atoms with Crippen molar-refractivity contribution >= 4 is 34.9 Å². The van der Waals surface area contributed by atoms with E-state index in [9.17, 15) is 19.7 Å². The van der Waals surface area contributed by atoms with E-state index in [1.807, 2.05) is 6.92 Å². The SMILES string of the molecule is CCCCNC(CC(=O)Nc1cc([N+](=O)[O-])ccc1Cl)C(=O)O. The molecule has 1 aromatic rings. The quantitative estimate of drug-likeness (QED) is 0.359. The number of nitro groups is 1. The summed E-state index contributed by atoms with van der Waals surface area (Å²) in [5.41, 5.74) is -0.149. The van der Waals surface area contributed by atoms with Crippen molar-refractivity contribution < 1.29 is 19.6 Å². The third-order valence-corrected chi connectivity index (χ3v) is 3.37. The molecule has 0 spiro atoms. The molecular weight excluding hydrogens is 326 g/mol. The van der Waals surface area contributed by atoms with Crippen LogP contribution >= 0.6 is 11.6 Å². The highest BCUT2D eigenvalue weighted by Crippen LogP contribution is 2.26. The van der Waals surface area contributed by atoms with Crippen LogP contribution in [0.25, 0.3) is 0 Å². The van der Waals surface area contributed by atoms with E-state index in [2.05, 4.69) is 10.6 Å². The Morgan fingerprint density at radius 3 is 2.70 bits per heavy atom. The van der Waals surface area contributed by atoms with Crippen LogP contribution in [0.3, 0.4) is 0 Å². The Morgan fingerprint density at radius 2 is 2.13 bits per heavy atom. The van der Waals surface area contributed by atoms with Gasteiger partial charge in [0, 0.05) is 12.1 Å². The van der Waals surface area contributed by atoms with E-state index in [1.165, 1.54) is 12.1 Å². The molecule has 126 valence electrons. The van der Waals surface area contributed by atoms with Crippen LogP contribution in [0.15, 0.2) is 18.2 Å². The third kappa shape index (κ3) is 6.21. The molecule has 23 heavy (non-hydrogen) atoms. The first-order chi connectivity index (χ1) is 10.8. The molecule has 0 fully saturated rings. The number of nitrogens with zero attached hydrogens (tertiary/aromatic N) is 1. The van der Waals surface area contributed by atoms with Crippen LogP contribution < -0.4 is 10.6 Å². The fourth-order valence-corrected chi connectivity index (χ4v) is 1.97. The van der Waals surface area contributed by atoms with Crippen LogP contribution in [0.2, 0.25) is 5.02 Å². The predicted octanol–water partition coefficient (Wildman–Crippen LogP) is 2.42. The van der Waals surface area contributed by atoms with E-state index in [4.69, 9.17) is 16.7 Å². The molecule has 0 radical (unpaired) electrons. The van der Waals surface area contributed by atoms with E-state index < -0.39 is 22.8 Å². The highest BCUT2D eigenvalue weighted by atomic mass is 35.5. The van der Waals surface area contributed by atoms with Gasteiger partial charge in [-0.1, -0.05) is 24.9 Å². The van der Waals surface area contributed by atoms with Gasteiger partial charge in [0.15, 0.2) is 0 Å².